The highest BCUT2D eigenvalue weighted by atomic mass is 35.5. The summed E-state index contributed by atoms with van der Waals surface area (Å²) in [6.07, 6.45) is 0. The first kappa shape index (κ1) is 22.9. The number of carbonyl (C=O) groups is 2. The summed E-state index contributed by atoms with van der Waals surface area (Å²) in [5.41, 5.74) is 2.57. The van der Waals surface area contributed by atoms with E-state index < -0.39 is 0 Å². The number of hydrogen-bond acceptors (Lipinski definition) is 4. The van der Waals surface area contributed by atoms with Gasteiger partial charge in [-0.1, -0.05) is 29.8 Å². The smallest absolute Gasteiger partial charge is 0.317 e. The van der Waals surface area contributed by atoms with Crippen molar-refractivity contribution >= 4 is 29.2 Å². The molecular formula is C23H30ClN5O2. The summed E-state index contributed by atoms with van der Waals surface area (Å²) in [4.78, 5) is 30.9. The third-order valence-corrected chi connectivity index (χ3v) is 5.45. The SMILES string of the molecule is CN(C)CCNC(=O)c1cccc(CNC(=O)N2CCN(c3cccc(Cl)c3)CC2)c1. The van der Waals surface area contributed by atoms with Gasteiger partial charge in [0.1, 0.15) is 0 Å². The molecule has 2 aromatic carbocycles. The molecule has 0 spiro atoms. The number of carbonyl (C=O) groups excluding carboxylic acids is 2. The van der Waals surface area contributed by atoms with Gasteiger partial charge in [-0.15, -0.1) is 0 Å². The second-order valence-electron chi connectivity index (χ2n) is 7.87. The van der Waals surface area contributed by atoms with E-state index in [1.54, 1.807) is 6.07 Å². The number of likely N-dealkylation sites (N-methyl/N-ethyl adjacent to an activating group) is 1. The molecular weight excluding hydrogens is 414 g/mol. The zero-order chi connectivity index (χ0) is 22.2. The summed E-state index contributed by atoms with van der Waals surface area (Å²) in [5, 5.41) is 6.59. The van der Waals surface area contributed by atoms with Gasteiger partial charge in [0.05, 0.1) is 0 Å². The first-order chi connectivity index (χ1) is 14.9. The van der Waals surface area contributed by atoms with Crippen molar-refractivity contribution in [3.05, 3.63) is 64.7 Å². The average Bonchev–Trinajstić information content (AvgIpc) is 2.77. The van der Waals surface area contributed by atoms with Crippen molar-refractivity contribution < 1.29 is 9.59 Å². The van der Waals surface area contributed by atoms with Crippen LogP contribution >= 0.6 is 11.6 Å². The lowest BCUT2D eigenvalue weighted by molar-refractivity contribution is 0.0951. The van der Waals surface area contributed by atoms with Crippen molar-refractivity contribution in [1.82, 2.24) is 20.4 Å². The Bertz CT molecular complexity index is 897. The van der Waals surface area contributed by atoms with Gasteiger partial charge >= 0.3 is 6.03 Å². The second-order valence-corrected chi connectivity index (χ2v) is 8.31. The molecule has 0 aliphatic carbocycles. The third-order valence-electron chi connectivity index (χ3n) is 5.22. The predicted octanol–water partition coefficient (Wildman–Crippen LogP) is 2.66. The molecule has 31 heavy (non-hydrogen) atoms. The standard InChI is InChI=1S/C23H30ClN5O2/c1-27(2)10-9-25-22(30)19-6-3-5-18(15-19)17-26-23(31)29-13-11-28(12-14-29)21-8-4-7-20(24)16-21/h3-8,15-16H,9-14,17H2,1-2H3,(H,25,30)(H,26,31). The fraction of sp³-hybridized carbons (Fsp3) is 0.391. The Labute approximate surface area is 189 Å². The molecule has 1 heterocycles. The van der Waals surface area contributed by atoms with Crippen molar-refractivity contribution in [3.63, 3.8) is 0 Å². The lowest BCUT2D eigenvalue weighted by atomic mass is 10.1. The highest BCUT2D eigenvalue weighted by molar-refractivity contribution is 6.30. The molecule has 3 rings (SSSR count). The largest absolute Gasteiger partial charge is 0.368 e. The Hall–Kier alpha value is -2.77. The Morgan fingerprint density at radius 1 is 1.00 bits per heavy atom. The van der Waals surface area contributed by atoms with Gasteiger partial charge in [0, 0.05) is 62.1 Å². The van der Waals surface area contributed by atoms with E-state index in [2.05, 4.69) is 15.5 Å². The molecule has 1 fully saturated rings. The molecule has 0 bridgehead atoms. The van der Waals surface area contributed by atoms with Crippen LogP contribution < -0.4 is 15.5 Å². The van der Waals surface area contributed by atoms with Crippen molar-refractivity contribution in [2.24, 2.45) is 0 Å². The Morgan fingerprint density at radius 3 is 2.45 bits per heavy atom. The van der Waals surface area contributed by atoms with Crippen LogP contribution in [-0.4, -0.2) is 75.1 Å². The van der Waals surface area contributed by atoms with Gasteiger partial charge in [-0.25, -0.2) is 4.79 Å². The molecule has 1 aliphatic heterocycles. The summed E-state index contributed by atoms with van der Waals surface area (Å²) in [7, 11) is 3.93. The van der Waals surface area contributed by atoms with E-state index >= 15 is 0 Å². The van der Waals surface area contributed by atoms with Crippen LogP contribution in [-0.2, 0) is 6.54 Å². The van der Waals surface area contributed by atoms with Crippen molar-refractivity contribution in [1.29, 1.82) is 0 Å². The minimum Gasteiger partial charge on any atom is -0.368 e. The van der Waals surface area contributed by atoms with Crippen LogP contribution in [0.2, 0.25) is 5.02 Å². The number of benzene rings is 2. The molecule has 0 unspecified atom stereocenters. The monoisotopic (exact) mass is 443 g/mol. The van der Waals surface area contributed by atoms with E-state index in [-0.39, 0.29) is 11.9 Å². The number of nitrogens with zero attached hydrogens (tertiary/aromatic N) is 3. The zero-order valence-electron chi connectivity index (χ0n) is 18.1. The van der Waals surface area contributed by atoms with Crippen molar-refractivity contribution in [2.75, 3.05) is 58.3 Å². The minimum absolute atomic E-state index is 0.0911. The van der Waals surface area contributed by atoms with Crippen molar-refractivity contribution in [3.8, 4) is 0 Å². The molecule has 1 saturated heterocycles. The maximum atomic E-state index is 12.6. The first-order valence-electron chi connectivity index (χ1n) is 10.5. The molecule has 8 heteroatoms. The van der Waals surface area contributed by atoms with E-state index in [1.165, 1.54) is 0 Å². The van der Waals surface area contributed by atoms with Gasteiger partial charge in [0.2, 0.25) is 0 Å². The first-order valence-corrected chi connectivity index (χ1v) is 10.9. The summed E-state index contributed by atoms with van der Waals surface area (Å²) in [6, 6.07) is 15.0. The normalized spacial score (nSPS) is 13.9. The fourth-order valence-electron chi connectivity index (χ4n) is 3.45. The maximum absolute atomic E-state index is 12.6. The maximum Gasteiger partial charge on any atom is 0.317 e. The highest BCUT2D eigenvalue weighted by Gasteiger charge is 2.21. The number of hydrogen-bond donors (Lipinski definition) is 2. The highest BCUT2D eigenvalue weighted by Crippen LogP contribution is 2.20. The summed E-state index contributed by atoms with van der Waals surface area (Å²) in [5.74, 6) is -0.104. The van der Waals surface area contributed by atoms with Crippen LogP contribution in [0, 0.1) is 0 Å². The minimum atomic E-state index is -0.104. The molecule has 1 aliphatic rings. The van der Waals surface area contributed by atoms with Gasteiger partial charge < -0.3 is 25.3 Å². The van der Waals surface area contributed by atoms with E-state index in [4.69, 9.17) is 11.6 Å². The van der Waals surface area contributed by atoms with Gasteiger partial charge in [0.15, 0.2) is 0 Å². The zero-order valence-corrected chi connectivity index (χ0v) is 18.9. The Balaban J connectivity index is 1.46. The number of amides is 3. The van der Waals surface area contributed by atoms with Crippen LogP contribution in [0.15, 0.2) is 48.5 Å². The fourth-order valence-corrected chi connectivity index (χ4v) is 3.63. The number of anilines is 1. The Morgan fingerprint density at radius 2 is 1.74 bits per heavy atom. The van der Waals surface area contributed by atoms with Crippen LogP contribution in [0.1, 0.15) is 15.9 Å². The molecule has 0 atom stereocenters. The van der Waals surface area contributed by atoms with Crippen LogP contribution in [0.3, 0.4) is 0 Å². The summed E-state index contributed by atoms with van der Waals surface area (Å²) >= 11 is 6.08. The lowest BCUT2D eigenvalue weighted by Gasteiger charge is -2.36. The number of rotatable bonds is 7. The van der Waals surface area contributed by atoms with Crippen LogP contribution in [0.4, 0.5) is 10.5 Å². The van der Waals surface area contributed by atoms with E-state index in [1.807, 2.05) is 66.4 Å². The Kier molecular flexibility index (Phi) is 8.14. The van der Waals surface area contributed by atoms with Crippen LogP contribution in [0.25, 0.3) is 0 Å². The molecule has 3 amide bonds. The van der Waals surface area contributed by atoms with Gasteiger partial charge in [0.25, 0.3) is 5.91 Å². The number of piperazine rings is 1. The molecule has 0 aromatic heterocycles. The van der Waals surface area contributed by atoms with Gasteiger partial charge in [-0.05, 0) is 50.0 Å². The van der Waals surface area contributed by atoms with Gasteiger partial charge in [-0.2, -0.15) is 0 Å². The molecule has 0 radical (unpaired) electrons. The lowest BCUT2D eigenvalue weighted by Crippen LogP contribution is -2.51. The second kappa shape index (κ2) is 11.0. The molecule has 166 valence electrons. The van der Waals surface area contributed by atoms with Crippen molar-refractivity contribution in [2.45, 2.75) is 6.54 Å². The quantitative estimate of drug-likeness (QED) is 0.690. The summed E-state index contributed by atoms with van der Waals surface area (Å²) in [6.45, 7) is 4.57. The van der Waals surface area contributed by atoms with E-state index in [0.29, 0.717) is 36.8 Å². The molecule has 7 nitrogen and oxygen atoms in total. The summed E-state index contributed by atoms with van der Waals surface area (Å²) < 4.78 is 0. The average molecular weight is 444 g/mol. The third kappa shape index (κ3) is 6.87. The van der Waals surface area contributed by atoms with Crippen LogP contribution in [0.5, 0.6) is 0 Å². The number of nitrogens with one attached hydrogen (secondary N) is 2. The molecule has 0 saturated carbocycles. The number of halogens is 1. The van der Waals surface area contributed by atoms with E-state index in [0.717, 1.165) is 30.9 Å². The predicted molar refractivity (Wildman–Crippen MR) is 125 cm³/mol. The topological polar surface area (TPSA) is 67.9 Å². The van der Waals surface area contributed by atoms with Gasteiger partial charge in [-0.3, -0.25) is 4.79 Å². The molecule has 2 N–H and O–H groups in total. The molecule has 2 aromatic rings. The number of urea groups is 1. The van der Waals surface area contributed by atoms with E-state index in [9.17, 15) is 9.59 Å².